The van der Waals surface area contributed by atoms with Crippen molar-refractivity contribution in [2.45, 2.75) is 11.4 Å². The first-order valence-electron chi connectivity index (χ1n) is 7.30. The van der Waals surface area contributed by atoms with Gasteiger partial charge < -0.3 is 4.74 Å². The maximum Gasteiger partial charge on any atom is 0.240 e. The molecule has 3 aromatic rings. The molecule has 0 heterocycles. The summed E-state index contributed by atoms with van der Waals surface area (Å²) >= 11 is 5.83. The molecule has 1 N–H and O–H groups in total. The van der Waals surface area contributed by atoms with E-state index in [-0.39, 0.29) is 11.4 Å². The molecular weight excluding hydrogens is 346 g/mol. The smallest absolute Gasteiger partial charge is 0.240 e. The molecule has 0 unspecified atom stereocenters. The van der Waals surface area contributed by atoms with Crippen LogP contribution in [0.1, 0.15) is 5.56 Å². The maximum absolute atomic E-state index is 12.5. The Morgan fingerprint density at radius 2 is 1.62 bits per heavy atom. The quantitative estimate of drug-likeness (QED) is 0.747. The molecule has 0 atom stereocenters. The summed E-state index contributed by atoms with van der Waals surface area (Å²) in [6.07, 6.45) is 0. The van der Waals surface area contributed by atoms with E-state index in [0.717, 1.165) is 22.1 Å². The fraction of sp³-hybridized carbons (Fsp3) is 0.111. The third kappa shape index (κ3) is 3.70. The zero-order valence-electron chi connectivity index (χ0n) is 13.0. The van der Waals surface area contributed by atoms with Crippen LogP contribution in [-0.4, -0.2) is 15.5 Å². The Balaban J connectivity index is 1.83. The molecule has 0 aliphatic rings. The van der Waals surface area contributed by atoms with Crippen molar-refractivity contribution in [2.75, 3.05) is 7.11 Å². The Hall–Kier alpha value is -2.08. The average molecular weight is 362 g/mol. The molecule has 3 rings (SSSR count). The molecule has 0 aromatic heterocycles. The third-order valence-electron chi connectivity index (χ3n) is 3.71. The third-order valence-corrected chi connectivity index (χ3v) is 5.36. The first-order chi connectivity index (χ1) is 11.5. The molecular formula is C18H16ClNO3S. The minimum atomic E-state index is -3.59. The summed E-state index contributed by atoms with van der Waals surface area (Å²) in [6.45, 7) is 0.208. The summed E-state index contributed by atoms with van der Waals surface area (Å²) in [6, 6.07) is 17.6. The summed E-state index contributed by atoms with van der Waals surface area (Å²) in [5, 5.41) is 2.38. The second-order valence-corrected chi connectivity index (χ2v) is 7.53. The van der Waals surface area contributed by atoms with E-state index in [0.29, 0.717) is 5.02 Å². The van der Waals surface area contributed by atoms with Gasteiger partial charge in [-0.05, 0) is 52.7 Å². The van der Waals surface area contributed by atoms with Crippen LogP contribution in [0.2, 0.25) is 5.02 Å². The van der Waals surface area contributed by atoms with E-state index in [2.05, 4.69) is 4.72 Å². The van der Waals surface area contributed by atoms with Crippen LogP contribution in [-0.2, 0) is 16.6 Å². The highest BCUT2D eigenvalue weighted by molar-refractivity contribution is 7.89. The Kier molecular flexibility index (Phi) is 4.76. The number of benzene rings is 3. The van der Waals surface area contributed by atoms with Gasteiger partial charge in [0.2, 0.25) is 10.0 Å². The summed E-state index contributed by atoms with van der Waals surface area (Å²) < 4.78 is 32.7. The Morgan fingerprint density at radius 3 is 2.33 bits per heavy atom. The molecule has 0 aliphatic carbocycles. The predicted molar refractivity (Wildman–Crippen MR) is 96.0 cm³/mol. The maximum atomic E-state index is 12.5. The van der Waals surface area contributed by atoms with Crippen molar-refractivity contribution in [3.05, 3.63) is 71.2 Å². The van der Waals surface area contributed by atoms with E-state index < -0.39 is 10.0 Å². The average Bonchev–Trinajstić information content (AvgIpc) is 2.60. The van der Waals surface area contributed by atoms with Crippen LogP contribution < -0.4 is 9.46 Å². The lowest BCUT2D eigenvalue weighted by atomic mass is 10.1. The lowest BCUT2D eigenvalue weighted by molar-refractivity contribution is 0.415. The van der Waals surface area contributed by atoms with Crippen LogP contribution in [0.4, 0.5) is 0 Å². The van der Waals surface area contributed by atoms with Gasteiger partial charge in [0.15, 0.2) is 0 Å². The largest absolute Gasteiger partial charge is 0.497 e. The van der Waals surface area contributed by atoms with Gasteiger partial charge in [0, 0.05) is 11.6 Å². The lowest BCUT2D eigenvalue weighted by Gasteiger charge is -2.09. The number of hydrogen-bond donors (Lipinski definition) is 1. The van der Waals surface area contributed by atoms with Crippen LogP contribution in [0, 0.1) is 0 Å². The Labute approximate surface area is 146 Å². The van der Waals surface area contributed by atoms with Crippen LogP contribution in [0.3, 0.4) is 0 Å². The number of halogens is 1. The van der Waals surface area contributed by atoms with Gasteiger partial charge in [-0.25, -0.2) is 13.1 Å². The van der Waals surface area contributed by atoms with Crippen molar-refractivity contribution in [1.29, 1.82) is 0 Å². The monoisotopic (exact) mass is 361 g/mol. The highest BCUT2D eigenvalue weighted by atomic mass is 35.5. The van der Waals surface area contributed by atoms with Crippen LogP contribution >= 0.6 is 11.6 Å². The molecule has 3 aromatic carbocycles. The SMILES string of the molecule is COc1ccc2cc(S(=O)(=O)NCc3ccc(Cl)cc3)ccc2c1. The number of ether oxygens (including phenoxy) is 1. The van der Waals surface area contributed by atoms with Gasteiger partial charge >= 0.3 is 0 Å². The minimum absolute atomic E-state index is 0.208. The first kappa shape index (κ1) is 16.8. The lowest BCUT2D eigenvalue weighted by Crippen LogP contribution is -2.23. The first-order valence-corrected chi connectivity index (χ1v) is 9.16. The van der Waals surface area contributed by atoms with Crippen LogP contribution in [0.5, 0.6) is 5.75 Å². The molecule has 0 bridgehead atoms. The molecule has 6 heteroatoms. The van der Waals surface area contributed by atoms with E-state index in [1.807, 2.05) is 12.1 Å². The molecule has 24 heavy (non-hydrogen) atoms. The highest BCUT2D eigenvalue weighted by Gasteiger charge is 2.14. The van der Waals surface area contributed by atoms with Gasteiger partial charge in [-0.2, -0.15) is 0 Å². The van der Waals surface area contributed by atoms with Gasteiger partial charge in [0.25, 0.3) is 0 Å². The van der Waals surface area contributed by atoms with E-state index in [1.54, 1.807) is 55.6 Å². The molecule has 0 amide bonds. The van der Waals surface area contributed by atoms with Crippen molar-refractivity contribution >= 4 is 32.4 Å². The van der Waals surface area contributed by atoms with E-state index >= 15 is 0 Å². The standard InChI is InChI=1S/C18H16ClNO3S/c1-23-17-8-4-15-11-18(9-5-14(15)10-17)24(21,22)20-12-13-2-6-16(19)7-3-13/h2-11,20H,12H2,1H3. The van der Waals surface area contributed by atoms with Gasteiger partial charge in [0.05, 0.1) is 12.0 Å². The zero-order valence-corrected chi connectivity index (χ0v) is 14.6. The Morgan fingerprint density at radius 1 is 0.958 bits per heavy atom. The van der Waals surface area contributed by atoms with Crippen molar-refractivity contribution in [1.82, 2.24) is 4.72 Å². The molecule has 0 saturated heterocycles. The van der Waals surface area contributed by atoms with Gasteiger partial charge in [-0.3, -0.25) is 0 Å². The minimum Gasteiger partial charge on any atom is -0.497 e. The number of sulfonamides is 1. The van der Waals surface area contributed by atoms with E-state index in [9.17, 15) is 8.42 Å². The molecule has 0 saturated carbocycles. The molecule has 0 aliphatic heterocycles. The number of hydrogen-bond acceptors (Lipinski definition) is 3. The summed E-state index contributed by atoms with van der Waals surface area (Å²) in [5.74, 6) is 0.735. The second-order valence-electron chi connectivity index (χ2n) is 5.33. The molecule has 4 nitrogen and oxygen atoms in total. The van der Waals surface area contributed by atoms with Crippen LogP contribution in [0.15, 0.2) is 65.6 Å². The predicted octanol–water partition coefficient (Wildman–Crippen LogP) is 3.98. The number of nitrogens with one attached hydrogen (secondary N) is 1. The van der Waals surface area contributed by atoms with Crippen molar-refractivity contribution in [2.24, 2.45) is 0 Å². The van der Waals surface area contributed by atoms with Crippen molar-refractivity contribution < 1.29 is 13.2 Å². The number of fused-ring (bicyclic) bond motifs is 1. The summed E-state index contributed by atoms with van der Waals surface area (Å²) in [4.78, 5) is 0.231. The number of methoxy groups -OCH3 is 1. The van der Waals surface area contributed by atoms with Crippen LogP contribution in [0.25, 0.3) is 10.8 Å². The van der Waals surface area contributed by atoms with E-state index in [4.69, 9.17) is 16.3 Å². The highest BCUT2D eigenvalue weighted by Crippen LogP contribution is 2.23. The van der Waals surface area contributed by atoms with Gasteiger partial charge in [0.1, 0.15) is 5.75 Å². The van der Waals surface area contributed by atoms with Gasteiger partial charge in [-0.15, -0.1) is 0 Å². The molecule has 0 spiro atoms. The molecule has 0 radical (unpaired) electrons. The van der Waals surface area contributed by atoms with Gasteiger partial charge in [-0.1, -0.05) is 35.9 Å². The summed E-state index contributed by atoms with van der Waals surface area (Å²) in [7, 11) is -1.99. The fourth-order valence-corrected chi connectivity index (χ4v) is 3.54. The summed E-state index contributed by atoms with van der Waals surface area (Å²) in [5.41, 5.74) is 0.841. The van der Waals surface area contributed by atoms with E-state index in [1.165, 1.54) is 0 Å². The Bertz CT molecular complexity index is 969. The molecule has 124 valence electrons. The fourth-order valence-electron chi connectivity index (χ4n) is 2.36. The van der Waals surface area contributed by atoms with Crippen molar-refractivity contribution in [3.8, 4) is 5.75 Å². The normalized spacial score (nSPS) is 11.6. The second kappa shape index (κ2) is 6.81. The number of rotatable bonds is 5. The zero-order chi connectivity index (χ0) is 17.2. The van der Waals surface area contributed by atoms with Crippen molar-refractivity contribution in [3.63, 3.8) is 0 Å². The topological polar surface area (TPSA) is 55.4 Å². The molecule has 0 fully saturated rings.